The molecule has 1 fully saturated rings. The van der Waals surface area contributed by atoms with Gasteiger partial charge in [-0.3, -0.25) is 4.79 Å². The molecule has 0 spiro atoms. The molecule has 1 aliphatic rings. The summed E-state index contributed by atoms with van der Waals surface area (Å²) < 4.78 is 4.84. The van der Waals surface area contributed by atoms with Crippen molar-refractivity contribution in [3.8, 4) is 0 Å². The van der Waals surface area contributed by atoms with Crippen LogP contribution in [0.2, 0.25) is 0 Å². The molecule has 1 aliphatic heterocycles. The smallest absolute Gasteiger partial charge is 0.313 e. The highest BCUT2D eigenvalue weighted by atomic mass is 32.2. The van der Waals surface area contributed by atoms with Crippen LogP contribution in [0.1, 0.15) is 6.42 Å². The quantitative estimate of drug-likeness (QED) is 0.632. The first-order valence-electron chi connectivity index (χ1n) is 3.33. The van der Waals surface area contributed by atoms with E-state index >= 15 is 0 Å². The monoisotopic (exact) mass is 178 g/mol. The summed E-state index contributed by atoms with van der Waals surface area (Å²) in [7, 11) is 0. The Balaban J connectivity index is 2.20. The summed E-state index contributed by atoms with van der Waals surface area (Å²) in [4.78, 5) is 10.1. The van der Waals surface area contributed by atoms with E-state index in [1.807, 2.05) is 0 Å². The van der Waals surface area contributed by atoms with Gasteiger partial charge in [0.2, 0.25) is 0 Å². The van der Waals surface area contributed by atoms with Crippen LogP contribution >= 0.6 is 11.8 Å². The fourth-order valence-electron chi connectivity index (χ4n) is 0.899. The number of rotatable bonds is 3. The number of carboxylic acid groups (broad SMARTS) is 1. The molecule has 0 radical (unpaired) electrons. The zero-order valence-electron chi connectivity index (χ0n) is 5.90. The van der Waals surface area contributed by atoms with Gasteiger partial charge in [-0.05, 0) is 6.42 Å². The zero-order chi connectivity index (χ0) is 8.27. The lowest BCUT2D eigenvalue weighted by Gasteiger charge is -2.09. The number of aliphatic hydroxyl groups excluding tert-OH is 1. The largest absolute Gasteiger partial charge is 0.481 e. The third-order valence-electron chi connectivity index (χ3n) is 1.43. The number of ether oxygens (including phenoxy) is 1. The van der Waals surface area contributed by atoms with Gasteiger partial charge in [0.25, 0.3) is 0 Å². The number of carboxylic acids is 1. The molecule has 1 rings (SSSR count). The maximum atomic E-state index is 10.1. The molecule has 2 N–H and O–H groups in total. The average molecular weight is 178 g/mol. The van der Waals surface area contributed by atoms with E-state index in [-0.39, 0.29) is 11.0 Å². The van der Waals surface area contributed by atoms with Crippen molar-refractivity contribution >= 4 is 17.7 Å². The van der Waals surface area contributed by atoms with Crippen molar-refractivity contribution < 1.29 is 19.7 Å². The highest BCUT2D eigenvalue weighted by Gasteiger charge is 2.26. The van der Waals surface area contributed by atoms with Crippen LogP contribution in [0.3, 0.4) is 0 Å². The van der Waals surface area contributed by atoms with Gasteiger partial charge in [-0.1, -0.05) is 0 Å². The summed E-state index contributed by atoms with van der Waals surface area (Å²) in [6.07, 6.45) is -0.0431. The second-order valence-electron chi connectivity index (χ2n) is 2.29. The van der Waals surface area contributed by atoms with E-state index in [9.17, 15) is 4.79 Å². The van der Waals surface area contributed by atoms with Crippen LogP contribution < -0.4 is 0 Å². The topological polar surface area (TPSA) is 66.8 Å². The first-order chi connectivity index (χ1) is 5.20. The summed E-state index contributed by atoms with van der Waals surface area (Å²) in [5, 5.41) is 17.3. The van der Waals surface area contributed by atoms with Crippen LogP contribution in [0.4, 0.5) is 0 Å². The molecule has 0 amide bonds. The number of hydrogen-bond donors (Lipinski definition) is 2. The molecular formula is C6H10O4S. The predicted molar refractivity (Wildman–Crippen MR) is 40.5 cm³/mol. The highest BCUT2D eigenvalue weighted by molar-refractivity contribution is 8.00. The Labute approximate surface area is 68.5 Å². The zero-order valence-corrected chi connectivity index (χ0v) is 6.71. The van der Waals surface area contributed by atoms with Gasteiger partial charge in [0.1, 0.15) is 0 Å². The second kappa shape index (κ2) is 3.94. The van der Waals surface area contributed by atoms with Crippen LogP contribution in [-0.2, 0) is 9.53 Å². The minimum atomic E-state index is -0.853. The van der Waals surface area contributed by atoms with Gasteiger partial charge in [-0.2, -0.15) is 0 Å². The minimum absolute atomic E-state index is 0.0328. The third-order valence-corrected chi connectivity index (χ3v) is 2.74. The maximum absolute atomic E-state index is 10.1. The number of hydrogen-bond acceptors (Lipinski definition) is 4. The maximum Gasteiger partial charge on any atom is 0.313 e. The Bertz CT molecular complexity index is 150. The number of carbonyl (C=O) groups is 1. The molecule has 1 saturated heterocycles. The molecule has 0 aromatic carbocycles. The van der Waals surface area contributed by atoms with E-state index in [1.54, 1.807) is 0 Å². The first-order valence-corrected chi connectivity index (χ1v) is 4.38. The molecule has 11 heavy (non-hydrogen) atoms. The van der Waals surface area contributed by atoms with Gasteiger partial charge in [-0.25, -0.2) is 0 Å². The van der Waals surface area contributed by atoms with Crippen molar-refractivity contribution in [1.82, 2.24) is 0 Å². The minimum Gasteiger partial charge on any atom is -0.481 e. The van der Waals surface area contributed by atoms with E-state index in [4.69, 9.17) is 14.9 Å². The number of thioether (sulfide) groups is 1. The fraction of sp³-hybridized carbons (Fsp3) is 0.833. The SMILES string of the molecule is O=C(O)CSC1CCOC1O. The highest BCUT2D eigenvalue weighted by Crippen LogP contribution is 2.24. The molecule has 0 bridgehead atoms. The second-order valence-corrected chi connectivity index (χ2v) is 3.52. The van der Waals surface area contributed by atoms with Crippen LogP contribution in [-0.4, -0.2) is 40.1 Å². The van der Waals surface area contributed by atoms with Gasteiger partial charge in [-0.15, -0.1) is 11.8 Å². The molecule has 64 valence electrons. The average Bonchev–Trinajstić information content (AvgIpc) is 2.31. The summed E-state index contributed by atoms with van der Waals surface area (Å²) in [6, 6.07) is 0. The van der Waals surface area contributed by atoms with Crippen molar-refractivity contribution in [3.63, 3.8) is 0 Å². The predicted octanol–water partition coefficient (Wildman–Crippen LogP) is -0.0885. The molecule has 2 unspecified atom stereocenters. The van der Waals surface area contributed by atoms with Gasteiger partial charge in [0, 0.05) is 0 Å². The van der Waals surface area contributed by atoms with Crippen LogP contribution in [0.5, 0.6) is 0 Å². The van der Waals surface area contributed by atoms with Gasteiger partial charge < -0.3 is 14.9 Å². The van der Waals surface area contributed by atoms with Crippen LogP contribution in [0.15, 0.2) is 0 Å². The Morgan fingerprint density at radius 1 is 1.73 bits per heavy atom. The Morgan fingerprint density at radius 3 is 2.91 bits per heavy atom. The van der Waals surface area contributed by atoms with Crippen molar-refractivity contribution in [2.24, 2.45) is 0 Å². The molecular weight excluding hydrogens is 168 g/mol. The molecule has 0 saturated carbocycles. The van der Waals surface area contributed by atoms with Crippen LogP contribution in [0.25, 0.3) is 0 Å². The van der Waals surface area contributed by atoms with Gasteiger partial charge in [0.15, 0.2) is 6.29 Å². The van der Waals surface area contributed by atoms with E-state index in [0.717, 1.165) is 6.42 Å². The molecule has 0 aliphatic carbocycles. The Hall–Kier alpha value is -0.260. The molecule has 0 aromatic heterocycles. The van der Waals surface area contributed by atoms with Crippen molar-refractivity contribution in [1.29, 1.82) is 0 Å². The lowest BCUT2D eigenvalue weighted by molar-refractivity contribution is -0.133. The van der Waals surface area contributed by atoms with Gasteiger partial charge in [0.05, 0.1) is 17.6 Å². The number of aliphatic hydroxyl groups is 1. The Morgan fingerprint density at radius 2 is 2.45 bits per heavy atom. The normalized spacial score (nSPS) is 30.6. The van der Waals surface area contributed by atoms with Crippen molar-refractivity contribution in [2.45, 2.75) is 18.0 Å². The summed E-state index contributed by atoms with van der Waals surface area (Å²) in [5.41, 5.74) is 0. The molecule has 4 nitrogen and oxygen atoms in total. The van der Waals surface area contributed by atoms with Crippen molar-refractivity contribution in [2.75, 3.05) is 12.4 Å². The van der Waals surface area contributed by atoms with E-state index in [2.05, 4.69) is 0 Å². The van der Waals surface area contributed by atoms with E-state index < -0.39 is 12.3 Å². The summed E-state index contributed by atoms with van der Waals surface area (Å²) in [6.45, 7) is 0.526. The molecule has 1 heterocycles. The van der Waals surface area contributed by atoms with E-state index in [0.29, 0.717) is 6.61 Å². The number of aliphatic carboxylic acids is 1. The lowest BCUT2D eigenvalue weighted by atomic mass is 10.3. The van der Waals surface area contributed by atoms with Gasteiger partial charge >= 0.3 is 5.97 Å². The lowest BCUT2D eigenvalue weighted by Crippen LogP contribution is -2.18. The molecule has 0 aromatic rings. The van der Waals surface area contributed by atoms with Crippen molar-refractivity contribution in [3.05, 3.63) is 0 Å². The first kappa shape index (κ1) is 8.83. The molecule has 2 atom stereocenters. The standard InChI is InChI=1S/C6H10O4S/c7-5(8)3-11-4-1-2-10-6(4)9/h4,6,9H,1-3H2,(H,7,8). The summed E-state index contributed by atoms with van der Waals surface area (Å²) in [5.74, 6) is -0.820. The molecule has 5 heteroatoms. The fourth-order valence-corrected chi connectivity index (χ4v) is 1.76. The van der Waals surface area contributed by atoms with Crippen LogP contribution in [0, 0.1) is 0 Å². The summed E-state index contributed by atoms with van der Waals surface area (Å²) >= 11 is 1.23. The third kappa shape index (κ3) is 2.69. The van der Waals surface area contributed by atoms with E-state index in [1.165, 1.54) is 11.8 Å². The Kier molecular flexibility index (Phi) is 3.16.